The maximum atomic E-state index is 13.8. The van der Waals surface area contributed by atoms with E-state index in [2.05, 4.69) is 15.6 Å². The van der Waals surface area contributed by atoms with E-state index in [1.54, 1.807) is 6.07 Å². The maximum absolute atomic E-state index is 13.8. The Hall–Kier alpha value is -1.35. The Labute approximate surface area is 190 Å². The Bertz CT molecular complexity index is 829. The lowest BCUT2D eigenvalue weighted by atomic mass is 10.1. The van der Waals surface area contributed by atoms with E-state index in [9.17, 15) is 26.0 Å². The van der Waals surface area contributed by atoms with Crippen molar-refractivity contribution in [3.8, 4) is 5.75 Å². The third-order valence-electron chi connectivity index (χ3n) is 4.41. The van der Waals surface area contributed by atoms with Crippen LogP contribution in [0.15, 0.2) is 23.2 Å². The molecule has 0 bridgehead atoms. The zero-order valence-electron chi connectivity index (χ0n) is 16.5. The SMILES string of the molecule is CCNC(=NCc1ccc(OC)c(F)c1)NC1CCN(S(=O)(=O)C(F)(F)F)CC1.I. The first-order chi connectivity index (χ1) is 13.6. The van der Waals surface area contributed by atoms with Crippen LogP contribution in [0.25, 0.3) is 0 Å². The van der Waals surface area contributed by atoms with Gasteiger partial charge >= 0.3 is 15.5 Å². The van der Waals surface area contributed by atoms with Crippen LogP contribution >= 0.6 is 24.0 Å². The van der Waals surface area contributed by atoms with Gasteiger partial charge in [-0.05, 0) is 37.5 Å². The van der Waals surface area contributed by atoms with Gasteiger partial charge in [0.2, 0.25) is 0 Å². The number of nitrogens with one attached hydrogen (secondary N) is 2. The number of halogens is 5. The van der Waals surface area contributed by atoms with Gasteiger partial charge in [0.1, 0.15) is 0 Å². The van der Waals surface area contributed by atoms with Gasteiger partial charge in [0.25, 0.3) is 0 Å². The molecule has 30 heavy (non-hydrogen) atoms. The van der Waals surface area contributed by atoms with Gasteiger partial charge in [-0.3, -0.25) is 0 Å². The smallest absolute Gasteiger partial charge is 0.494 e. The molecule has 1 aromatic rings. The first-order valence-corrected chi connectivity index (χ1v) is 10.5. The molecule has 0 amide bonds. The monoisotopic (exact) mass is 568 g/mol. The average Bonchev–Trinajstić information content (AvgIpc) is 2.66. The fourth-order valence-corrected chi connectivity index (χ4v) is 3.86. The molecule has 1 aliphatic rings. The Kier molecular flexibility index (Phi) is 10.1. The van der Waals surface area contributed by atoms with Crippen LogP contribution in [-0.4, -0.2) is 57.0 Å². The fourth-order valence-electron chi connectivity index (χ4n) is 2.88. The summed E-state index contributed by atoms with van der Waals surface area (Å²) in [6.45, 7) is 2.11. The van der Waals surface area contributed by atoms with E-state index in [1.165, 1.54) is 19.2 Å². The number of alkyl halides is 3. The van der Waals surface area contributed by atoms with Crippen LogP contribution in [0.1, 0.15) is 25.3 Å². The Balaban J connectivity index is 0.00000450. The van der Waals surface area contributed by atoms with E-state index in [0.717, 1.165) is 0 Å². The summed E-state index contributed by atoms with van der Waals surface area (Å²) in [5, 5.41) is 6.10. The molecular weight excluding hydrogens is 543 g/mol. The molecule has 0 aliphatic carbocycles. The lowest BCUT2D eigenvalue weighted by Crippen LogP contribution is -2.51. The van der Waals surface area contributed by atoms with Gasteiger partial charge in [0.15, 0.2) is 17.5 Å². The summed E-state index contributed by atoms with van der Waals surface area (Å²) in [7, 11) is -3.93. The van der Waals surface area contributed by atoms with E-state index < -0.39 is 21.3 Å². The molecule has 0 saturated carbocycles. The van der Waals surface area contributed by atoms with Crippen molar-refractivity contribution in [3.05, 3.63) is 29.6 Å². The van der Waals surface area contributed by atoms with Gasteiger partial charge in [-0.2, -0.15) is 17.5 Å². The topological polar surface area (TPSA) is 83.0 Å². The summed E-state index contributed by atoms with van der Waals surface area (Å²) in [6.07, 6.45) is 0.410. The Morgan fingerprint density at radius 3 is 2.43 bits per heavy atom. The number of hydrogen-bond donors (Lipinski definition) is 2. The van der Waals surface area contributed by atoms with Gasteiger partial charge in [0, 0.05) is 25.7 Å². The number of rotatable bonds is 6. The van der Waals surface area contributed by atoms with Gasteiger partial charge in [0.05, 0.1) is 13.7 Å². The molecule has 2 rings (SSSR count). The second kappa shape index (κ2) is 11.3. The molecule has 0 unspecified atom stereocenters. The predicted octanol–water partition coefficient (Wildman–Crippen LogP) is 2.82. The Morgan fingerprint density at radius 2 is 1.93 bits per heavy atom. The van der Waals surface area contributed by atoms with Crippen LogP contribution in [0.4, 0.5) is 17.6 Å². The van der Waals surface area contributed by atoms with Crippen LogP contribution < -0.4 is 15.4 Å². The molecule has 172 valence electrons. The van der Waals surface area contributed by atoms with Crippen molar-refractivity contribution in [2.75, 3.05) is 26.7 Å². The number of aliphatic imine (C=N–C) groups is 1. The van der Waals surface area contributed by atoms with Gasteiger partial charge < -0.3 is 15.4 Å². The second-order valence-electron chi connectivity index (χ2n) is 6.43. The summed E-state index contributed by atoms with van der Waals surface area (Å²) in [5.74, 6) is 0.0422. The summed E-state index contributed by atoms with van der Waals surface area (Å²) < 4.78 is 80.0. The third-order valence-corrected chi connectivity index (χ3v) is 6.04. The highest BCUT2D eigenvalue weighted by Crippen LogP contribution is 2.29. The zero-order valence-corrected chi connectivity index (χ0v) is 19.6. The Morgan fingerprint density at radius 1 is 1.30 bits per heavy atom. The van der Waals surface area contributed by atoms with E-state index >= 15 is 0 Å². The second-order valence-corrected chi connectivity index (χ2v) is 8.36. The highest BCUT2D eigenvalue weighted by molar-refractivity contribution is 14.0. The van der Waals surface area contributed by atoms with Crippen LogP contribution in [-0.2, 0) is 16.6 Å². The van der Waals surface area contributed by atoms with E-state index in [0.29, 0.717) is 22.4 Å². The van der Waals surface area contributed by atoms with E-state index in [-0.39, 0.29) is 68.2 Å². The molecule has 13 heteroatoms. The minimum absolute atomic E-state index is 0. The lowest BCUT2D eigenvalue weighted by molar-refractivity contribution is -0.0494. The van der Waals surface area contributed by atoms with Gasteiger partial charge in [-0.15, -0.1) is 24.0 Å². The highest BCUT2D eigenvalue weighted by atomic mass is 127. The van der Waals surface area contributed by atoms with E-state index in [1.807, 2.05) is 6.92 Å². The highest BCUT2D eigenvalue weighted by Gasteiger charge is 2.50. The third kappa shape index (κ3) is 6.83. The molecule has 1 heterocycles. The standard InChI is InChI=1S/C17H24F4N4O3S.HI/c1-3-22-16(23-11-12-4-5-15(28-2)14(18)10-12)24-13-6-8-25(9-7-13)29(26,27)17(19,20)21;/h4-5,10,13H,3,6-9,11H2,1-2H3,(H2,22,23,24);1H. The lowest BCUT2D eigenvalue weighted by Gasteiger charge is -2.32. The molecule has 1 saturated heterocycles. The van der Waals surface area contributed by atoms with Crippen LogP contribution in [0, 0.1) is 5.82 Å². The first-order valence-electron chi connectivity index (χ1n) is 9.02. The quantitative estimate of drug-likeness (QED) is 0.239. The maximum Gasteiger partial charge on any atom is 0.511 e. The number of piperidine rings is 1. The number of ether oxygens (including phenoxy) is 1. The number of guanidine groups is 1. The van der Waals surface area contributed by atoms with Gasteiger partial charge in [-0.1, -0.05) is 6.07 Å². The molecule has 0 spiro atoms. The first kappa shape index (κ1) is 26.7. The number of hydrogen-bond acceptors (Lipinski definition) is 4. The summed E-state index contributed by atoms with van der Waals surface area (Å²) in [5.41, 5.74) is -4.68. The largest absolute Gasteiger partial charge is 0.511 e. The van der Waals surface area contributed by atoms with Crippen molar-refractivity contribution >= 4 is 40.0 Å². The molecule has 1 aliphatic heterocycles. The molecule has 0 atom stereocenters. The number of methoxy groups -OCH3 is 1. The van der Waals surface area contributed by atoms with Crippen molar-refractivity contribution in [1.29, 1.82) is 0 Å². The zero-order chi connectivity index (χ0) is 21.7. The predicted molar refractivity (Wildman–Crippen MR) is 116 cm³/mol. The minimum Gasteiger partial charge on any atom is -0.494 e. The number of nitrogens with zero attached hydrogens (tertiary/aromatic N) is 2. The normalized spacial score (nSPS) is 16.7. The van der Waals surface area contributed by atoms with Crippen molar-refractivity contribution in [2.24, 2.45) is 4.99 Å². The number of benzene rings is 1. The molecule has 0 aromatic heterocycles. The van der Waals surface area contributed by atoms with Crippen molar-refractivity contribution in [3.63, 3.8) is 0 Å². The molecular formula is C17H25F4IN4O3S. The van der Waals surface area contributed by atoms with Crippen molar-refractivity contribution < 1.29 is 30.7 Å². The molecule has 1 fully saturated rings. The van der Waals surface area contributed by atoms with Crippen LogP contribution in [0.3, 0.4) is 0 Å². The summed E-state index contributed by atoms with van der Waals surface area (Å²) in [6, 6.07) is 4.25. The number of sulfonamides is 1. The van der Waals surface area contributed by atoms with Gasteiger partial charge in [-0.25, -0.2) is 17.8 Å². The van der Waals surface area contributed by atoms with E-state index in [4.69, 9.17) is 4.74 Å². The molecule has 2 N–H and O–H groups in total. The average molecular weight is 568 g/mol. The summed E-state index contributed by atoms with van der Waals surface area (Å²) >= 11 is 0. The van der Waals surface area contributed by atoms with Crippen LogP contribution in [0.5, 0.6) is 5.75 Å². The van der Waals surface area contributed by atoms with Crippen molar-refractivity contribution in [2.45, 2.75) is 37.9 Å². The molecule has 7 nitrogen and oxygen atoms in total. The summed E-state index contributed by atoms with van der Waals surface area (Å²) in [4.78, 5) is 4.36. The fraction of sp³-hybridized carbons (Fsp3) is 0.588. The minimum atomic E-state index is -5.30. The van der Waals surface area contributed by atoms with Crippen LogP contribution in [0.2, 0.25) is 0 Å². The molecule has 0 radical (unpaired) electrons. The molecule has 1 aromatic carbocycles. The van der Waals surface area contributed by atoms with Crippen molar-refractivity contribution in [1.82, 2.24) is 14.9 Å².